The van der Waals surface area contributed by atoms with Gasteiger partial charge in [-0.15, -0.1) is 0 Å². The Morgan fingerprint density at radius 2 is 2.37 bits per heavy atom. The van der Waals surface area contributed by atoms with E-state index in [1.54, 1.807) is 7.11 Å². The summed E-state index contributed by atoms with van der Waals surface area (Å²) in [5, 5.41) is 0. The molecule has 0 saturated carbocycles. The van der Waals surface area contributed by atoms with Crippen molar-refractivity contribution in [3.05, 3.63) is 28.2 Å². The average Bonchev–Trinajstić information content (AvgIpc) is 2.38. The third kappa shape index (κ3) is 3.46. The molecule has 1 aliphatic heterocycles. The van der Waals surface area contributed by atoms with Crippen LogP contribution in [0.2, 0.25) is 0 Å². The van der Waals surface area contributed by atoms with Crippen molar-refractivity contribution in [2.45, 2.75) is 12.8 Å². The minimum atomic E-state index is 0.441. The molecule has 0 aliphatic carbocycles. The number of rotatable bonds is 4. The summed E-state index contributed by atoms with van der Waals surface area (Å²) in [5.41, 5.74) is 7.93. The van der Waals surface area contributed by atoms with Crippen molar-refractivity contribution in [2.75, 3.05) is 31.7 Å². The van der Waals surface area contributed by atoms with Gasteiger partial charge in [0.2, 0.25) is 0 Å². The SMILES string of the molecule is COCC1CCCN(c2cccc(Br)c2C(N)=S)C1. The fourth-order valence-electron chi connectivity index (χ4n) is 2.68. The number of thiocarbonyl (C=S) groups is 1. The van der Waals surface area contributed by atoms with Gasteiger partial charge in [0.15, 0.2) is 0 Å². The molecule has 2 rings (SSSR count). The van der Waals surface area contributed by atoms with Crippen LogP contribution in [0.3, 0.4) is 0 Å². The number of benzene rings is 1. The van der Waals surface area contributed by atoms with E-state index in [9.17, 15) is 0 Å². The van der Waals surface area contributed by atoms with Gasteiger partial charge in [0.25, 0.3) is 0 Å². The van der Waals surface area contributed by atoms with Gasteiger partial charge in [-0.3, -0.25) is 0 Å². The molecule has 0 spiro atoms. The predicted molar refractivity (Wildman–Crippen MR) is 86.8 cm³/mol. The molecule has 104 valence electrons. The summed E-state index contributed by atoms with van der Waals surface area (Å²) in [7, 11) is 1.76. The summed E-state index contributed by atoms with van der Waals surface area (Å²) < 4.78 is 6.24. The first-order chi connectivity index (χ1) is 9.13. The van der Waals surface area contributed by atoms with Gasteiger partial charge in [-0.05, 0) is 46.8 Å². The Hall–Kier alpha value is -0.650. The second-order valence-corrected chi connectivity index (χ2v) is 6.20. The summed E-state index contributed by atoms with van der Waals surface area (Å²) in [6, 6.07) is 6.10. The number of hydrogen-bond donors (Lipinski definition) is 1. The van der Waals surface area contributed by atoms with Gasteiger partial charge in [-0.2, -0.15) is 0 Å². The maximum absolute atomic E-state index is 5.87. The number of nitrogens with zero attached hydrogens (tertiary/aromatic N) is 1. The van der Waals surface area contributed by atoms with Gasteiger partial charge in [0, 0.05) is 35.9 Å². The monoisotopic (exact) mass is 342 g/mol. The van der Waals surface area contributed by atoms with Crippen molar-refractivity contribution in [3.8, 4) is 0 Å². The molecule has 1 aliphatic rings. The number of halogens is 1. The second kappa shape index (κ2) is 6.68. The highest BCUT2D eigenvalue weighted by Crippen LogP contribution is 2.31. The highest BCUT2D eigenvalue weighted by Gasteiger charge is 2.23. The Morgan fingerprint density at radius 3 is 3.05 bits per heavy atom. The molecular formula is C14H19BrN2OS. The lowest BCUT2D eigenvalue weighted by atomic mass is 9.97. The van der Waals surface area contributed by atoms with E-state index in [0.717, 1.165) is 35.4 Å². The summed E-state index contributed by atoms with van der Waals surface area (Å²) in [4.78, 5) is 2.81. The van der Waals surface area contributed by atoms with Gasteiger partial charge in [-0.25, -0.2) is 0 Å². The summed E-state index contributed by atoms with van der Waals surface area (Å²) in [5.74, 6) is 0.580. The van der Waals surface area contributed by atoms with Crippen LogP contribution in [0, 0.1) is 5.92 Å². The molecule has 3 nitrogen and oxygen atoms in total. The molecule has 1 fully saturated rings. The average molecular weight is 343 g/mol. The van der Waals surface area contributed by atoms with Crippen molar-refractivity contribution in [2.24, 2.45) is 11.7 Å². The van der Waals surface area contributed by atoms with Gasteiger partial charge < -0.3 is 15.4 Å². The van der Waals surface area contributed by atoms with Crippen LogP contribution in [0.15, 0.2) is 22.7 Å². The normalized spacial score (nSPS) is 19.5. The number of anilines is 1. The zero-order chi connectivity index (χ0) is 13.8. The molecule has 1 aromatic rings. The molecule has 0 bridgehead atoms. The van der Waals surface area contributed by atoms with Crippen molar-refractivity contribution in [1.29, 1.82) is 0 Å². The second-order valence-electron chi connectivity index (χ2n) is 4.91. The highest BCUT2D eigenvalue weighted by atomic mass is 79.9. The van der Waals surface area contributed by atoms with Crippen LogP contribution < -0.4 is 10.6 Å². The van der Waals surface area contributed by atoms with Crippen LogP contribution in [0.1, 0.15) is 18.4 Å². The van der Waals surface area contributed by atoms with E-state index in [4.69, 9.17) is 22.7 Å². The molecule has 2 N–H and O–H groups in total. The summed E-state index contributed by atoms with van der Waals surface area (Å²) >= 11 is 8.72. The Labute approximate surface area is 128 Å². The Bertz CT molecular complexity index is 465. The van der Waals surface area contributed by atoms with Crippen LogP contribution in [-0.4, -0.2) is 31.8 Å². The number of piperidine rings is 1. The van der Waals surface area contributed by atoms with Gasteiger partial charge in [0.05, 0.1) is 6.61 Å². The Balaban J connectivity index is 2.26. The van der Waals surface area contributed by atoms with Crippen molar-refractivity contribution < 1.29 is 4.74 Å². The van der Waals surface area contributed by atoms with Crippen LogP contribution >= 0.6 is 28.1 Å². The Morgan fingerprint density at radius 1 is 1.58 bits per heavy atom. The fraction of sp³-hybridized carbons (Fsp3) is 0.500. The number of methoxy groups -OCH3 is 1. The van der Waals surface area contributed by atoms with Crippen LogP contribution in [0.25, 0.3) is 0 Å². The molecule has 0 aromatic heterocycles. The van der Waals surface area contributed by atoms with E-state index in [2.05, 4.69) is 26.9 Å². The molecular weight excluding hydrogens is 324 g/mol. The molecule has 19 heavy (non-hydrogen) atoms. The van der Waals surface area contributed by atoms with E-state index >= 15 is 0 Å². The third-order valence-electron chi connectivity index (χ3n) is 3.50. The zero-order valence-corrected chi connectivity index (χ0v) is 13.5. The van der Waals surface area contributed by atoms with Crippen LogP contribution in [0.5, 0.6) is 0 Å². The van der Waals surface area contributed by atoms with Gasteiger partial charge in [-0.1, -0.05) is 18.3 Å². The molecule has 5 heteroatoms. The zero-order valence-electron chi connectivity index (χ0n) is 11.1. The first kappa shape index (κ1) is 14.8. The topological polar surface area (TPSA) is 38.5 Å². The number of hydrogen-bond acceptors (Lipinski definition) is 3. The van der Waals surface area contributed by atoms with Crippen molar-refractivity contribution >= 4 is 38.8 Å². The molecule has 1 saturated heterocycles. The lowest BCUT2D eigenvalue weighted by molar-refractivity contribution is 0.143. The van der Waals surface area contributed by atoms with Gasteiger partial charge >= 0.3 is 0 Å². The quantitative estimate of drug-likeness (QED) is 0.853. The third-order valence-corrected chi connectivity index (χ3v) is 4.37. The van der Waals surface area contributed by atoms with E-state index in [-0.39, 0.29) is 0 Å². The first-order valence-electron chi connectivity index (χ1n) is 6.45. The lowest BCUT2D eigenvalue weighted by Crippen LogP contribution is -2.38. The van der Waals surface area contributed by atoms with E-state index in [0.29, 0.717) is 10.9 Å². The minimum absolute atomic E-state index is 0.441. The van der Waals surface area contributed by atoms with Crippen LogP contribution in [0.4, 0.5) is 5.69 Å². The molecule has 1 atom stereocenters. The smallest absolute Gasteiger partial charge is 0.107 e. The fourth-order valence-corrected chi connectivity index (χ4v) is 3.59. The maximum atomic E-state index is 5.87. The number of ether oxygens (including phenoxy) is 1. The summed E-state index contributed by atoms with van der Waals surface area (Å²) in [6.45, 7) is 2.86. The van der Waals surface area contributed by atoms with Crippen molar-refractivity contribution in [3.63, 3.8) is 0 Å². The predicted octanol–water partition coefficient (Wildman–Crippen LogP) is 2.95. The standard InChI is InChI=1S/C14H19BrN2OS/c1-18-9-10-4-3-7-17(8-10)12-6-2-5-11(15)13(12)14(16)19/h2,5-6,10H,3-4,7-9H2,1H3,(H2,16,19). The lowest BCUT2D eigenvalue weighted by Gasteiger charge is -2.35. The minimum Gasteiger partial charge on any atom is -0.389 e. The Kier molecular flexibility index (Phi) is 5.19. The van der Waals surface area contributed by atoms with E-state index in [1.165, 1.54) is 12.8 Å². The molecule has 1 unspecified atom stereocenters. The van der Waals surface area contributed by atoms with E-state index in [1.807, 2.05) is 12.1 Å². The molecule has 0 radical (unpaired) electrons. The first-order valence-corrected chi connectivity index (χ1v) is 7.65. The summed E-state index contributed by atoms with van der Waals surface area (Å²) in [6.07, 6.45) is 2.40. The number of nitrogens with two attached hydrogens (primary N) is 1. The molecule has 1 aromatic carbocycles. The maximum Gasteiger partial charge on any atom is 0.107 e. The highest BCUT2D eigenvalue weighted by molar-refractivity contribution is 9.10. The molecule has 1 heterocycles. The van der Waals surface area contributed by atoms with Crippen LogP contribution in [-0.2, 0) is 4.74 Å². The largest absolute Gasteiger partial charge is 0.389 e. The van der Waals surface area contributed by atoms with Gasteiger partial charge in [0.1, 0.15) is 4.99 Å². The van der Waals surface area contributed by atoms with Crippen molar-refractivity contribution in [1.82, 2.24) is 0 Å². The van der Waals surface area contributed by atoms with E-state index < -0.39 is 0 Å². The molecule has 0 amide bonds.